The molecule has 1 amide bonds. The van der Waals surface area contributed by atoms with Crippen molar-refractivity contribution in [2.24, 2.45) is 13.0 Å². The van der Waals surface area contributed by atoms with Crippen LogP contribution < -0.4 is 0 Å². The van der Waals surface area contributed by atoms with Gasteiger partial charge in [-0.2, -0.15) is 10.4 Å². The Hall–Kier alpha value is -1.83. The molecular formula is C12H18N4O. The fourth-order valence-corrected chi connectivity index (χ4v) is 1.65. The lowest BCUT2D eigenvalue weighted by Crippen LogP contribution is -2.36. The van der Waals surface area contributed by atoms with Crippen molar-refractivity contribution in [2.75, 3.05) is 13.1 Å². The summed E-state index contributed by atoms with van der Waals surface area (Å²) < 4.78 is 1.56. The Labute approximate surface area is 102 Å². The molecule has 0 saturated heterocycles. The molecule has 1 aromatic rings. The Bertz CT molecular complexity index is 416. The first-order valence-electron chi connectivity index (χ1n) is 5.70. The van der Waals surface area contributed by atoms with Crippen LogP contribution in [0, 0.1) is 17.2 Å². The molecule has 0 spiro atoms. The SMILES string of the molecule is CC(C)CN(CCC#N)C(=O)c1ccnn1C. The molecule has 17 heavy (non-hydrogen) atoms. The molecule has 0 radical (unpaired) electrons. The molecule has 0 unspecified atom stereocenters. The summed E-state index contributed by atoms with van der Waals surface area (Å²) in [5.74, 6) is 0.319. The van der Waals surface area contributed by atoms with E-state index in [1.165, 1.54) is 0 Å². The summed E-state index contributed by atoms with van der Waals surface area (Å²) in [4.78, 5) is 13.9. The van der Waals surface area contributed by atoms with Crippen LogP contribution in [0.5, 0.6) is 0 Å². The second kappa shape index (κ2) is 6.04. The number of aromatic nitrogens is 2. The highest BCUT2D eigenvalue weighted by Gasteiger charge is 2.18. The Morgan fingerprint density at radius 3 is 2.82 bits per heavy atom. The van der Waals surface area contributed by atoms with E-state index >= 15 is 0 Å². The van der Waals surface area contributed by atoms with Crippen LogP contribution in [0.15, 0.2) is 12.3 Å². The Kier molecular flexibility index (Phi) is 4.70. The lowest BCUT2D eigenvalue weighted by molar-refractivity contribution is 0.0729. The highest BCUT2D eigenvalue weighted by molar-refractivity contribution is 5.92. The summed E-state index contributed by atoms with van der Waals surface area (Å²) in [5, 5.41) is 12.6. The van der Waals surface area contributed by atoms with Gasteiger partial charge in [-0.05, 0) is 12.0 Å². The van der Waals surface area contributed by atoms with Crippen LogP contribution in [0.4, 0.5) is 0 Å². The van der Waals surface area contributed by atoms with E-state index in [4.69, 9.17) is 5.26 Å². The zero-order valence-electron chi connectivity index (χ0n) is 10.6. The van der Waals surface area contributed by atoms with E-state index in [-0.39, 0.29) is 5.91 Å². The first kappa shape index (κ1) is 13.2. The van der Waals surface area contributed by atoms with Gasteiger partial charge in [0.05, 0.1) is 12.5 Å². The van der Waals surface area contributed by atoms with E-state index in [2.05, 4.69) is 25.0 Å². The number of rotatable bonds is 5. The maximum absolute atomic E-state index is 12.2. The van der Waals surface area contributed by atoms with Crippen LogP contribution in [0.3, 0.4) is 0 Å². The van der Waals surface area contributed by atoms with Crippen molar-refractivity contribution < 1.29 is 4.79 Å². The highest BCUT2D eigenvalue weighted by atomic mass is 16.2. The van der Waals surface area contributed by atoms with E-state index in [0.29, 0.717) is 31.1 Å². The summed E-state index contributed by atoms with van der Waals surface area (Å²) in [6.07, 6.45) is 1.96. The summed E-state index contributed by atoms with van der Waals surface area (Å²) in [6, 6.07) is 3.77. The van der Waals surface area contributed by atoms with Gasteiger partial charge in [0.1, 0.15) is 5.69 Å². The molecule has 0 fully saturated rings. The number of hydrogen-bond acceptors (Lipinski definition) is 3. The van der Waals surface area contributed by atoms with Gasteiger partial charge in [-0.25, -0.2) is 0 Å². The minimum absolute atomic E-state index is 0.0612. The molecule has 0 saturated carbocycles. The van der Waals surface area contributed by atoms with Gasteiger partial charge < -0.3 is 4.90 Å². The maximum atomic E-state index is 12.2. The van der Waals surface area contributed by atoms with Gasteiger partial charge in [-0.3, -0.25) is 9.48 Å². The zero-order valence-corrected chi connectivity index (χ0v) is 10.6. The number of aryl methyl sites for hydroxylation is 1. The third-order valence-corrected chi connectivity index (χ3v) is 2.41. The second-order valence-electron chi connectivity index (χ2n) is 4.39. The standard InChI is InChI=1S/C12H18N4O/c1-10(2)9-16(8-4-6-13)12(17)11-5-7-14-15(11)3/h5,7,10H,4,8-9H2,1-3H3. The average molecular weight is 234 g/mol. The number of hydrogen-bond donors (Lipinski definition) is 0. The fourth-order valence-electron chi connectivity index (χ4n) is 1.65. The monoisotopic (exact) mass is 234 g/mol. The van der Waals surface area contributed by atoms with Crippen LogP contribution in [-0.4, -0.2) is 33.7 Å². The lowest BCUT2D eigenvalue weighted by atomic mass is 10.2. The molecule has 1 heterocycles. The van der Waals surface area contributed by atoms with Gasteiger partial charge in [-0.1, -0.05) is 13.8 Å². The predicted octanol–water partition coefficient (Wildman–Crippen LogP) is 1.43. The molecule has 1 rings (SSSR count). The normalized spacial score (nSPS) is 10.3. The number of nitrogens with zero attached hydrogens (tertiary/aromatic N) is 4. The van der Waals surface area contributed by atoms with E-state index < -0.39 is 0 Å². The van der Waals surface area contributed by atoms with Crippen molar-refractivity contribution in [2.45, 2.75) is 20.3 Å². The molecule has 0 bridgehead atoms. The van der Waals surface area contributed by atoms with Crippen molar-refractivity contribution in [3.05, 3.63) is 18.0 Å². The highest BCUT2D eigenvalue weighted by Crippen LogP contribution is 2.07. The minimum Gasteiger partial charge on any atom is -0.336 e. The smallest absolute Gasteiger partial charge is 0.272 e. The van der Waals surface area contributed by atoms with Crippen LogP contribution in [0.25, 0.3) is 0 Å². The van der Waals surface area contributed by atoms with Crippen LogP contribution in [0.2, 0.25) is 0 Å². The van der Waals surface area contributed by atoms with E-state index in [9.17, 15) is 4.79 Å². The Balaban J connectivity index is 2.79. The molecule has 0 aliphatic rings. The molecule has 5 nitrogen and oxygen atoms in total. The largest absolute Gasteiger partial charge is 0.336 e. The summed E-state index contributed by atoms with van der Waals surface area (Å²) in [5.41, 5.74) is 0.559. The van der Waals surface area contributed by atoms with Gasteiger partial charge in [0.2, 0.25) is 0 Å². The minimum atomic E-state index is -0.0612. The fraction of sp³-hybridized carbons (Fsp3) is 0.583. The first-order chi connectivity index (χ1) is 8.06. The molecule has 1 aromatic heterocycles. The molecule has 0 N–H and O–H groups in total. The van der Waals surface area contributed by atoms with Gasteiger partial charge in [0.15, 0.2) is 0 Å². The number of carbonyl (C=O) groups is 1. The van der Waals surface area contributed by atoms with E-state index in [1.54, 1.807) is 28.9 Å². The van der Waals surface area contributed by atoms with Crippen molar-refractivity contribution in [3.8, 4) is 6.07 Å². The number of carbonyl (C=O) groups excluding carboxylic acids is 1. The lowest BCUT2D eigenvalue weighted by Gasteiger charge is -2.23. The van der Waals surface area contributed by atoms with Crippen LogP contribution >= 0.6 is 0 Å². The van der Waals surface area contributed by atoms with Gasteiger partial charge in [0.25, 0.3) is 5.91 Å². The maximum Gasteiger partial charge on any atom is 0.272 e. The molecule has 0 aliphatic heterocycles. The molecule has 0 aromatic carbocycles. The number of nitriles is 1. The first-order valence-corrected chi connectivity index (χ1v) is 5.70. The molecule has 92 valence electrons. The predicted molar refractivity (Wildman–Crippen MR) is 64.2 cm³/mol. The van der Waals surface area contributed by atoms with Gasteiger partial charge in [-0.15, -0.1) is 0 Å². The molecular weight excluding hydrogens is 216 g/mol. The average Bonchev–Trinajstić information content (AvgIpc) is 2.69. The van der Waals surface area contributed by atoms with Crippen molar-refractivity contribution in [3.63, 3.8) is 0 Å². The van der Waals surface area contributed by atoms with Crippen molar-refractivity contribution in [1.29, 1.82) is 5.26 Å². The quantitative estimate of drug-likeness (QED) is 0.774. The Morgan fingerprint density at radius 1 is 1.65 bits per heavy atom. The van der Waals surface area contributed by atoms with Crippen LogP contribution in [0.1, 0.15) is 30.8 Å². The van der Waals surface area contributed by atoms with Gasteiger partial charge in [0, 0.05) is 26.3 Å². The second-order valence-corrected chi connectivity index (χ2v) is 4.39. The summed E-state index contributed by atoms with van der Waals surface area (Å²) in [6.45, 7) is 5.23. The van der Waals surface area contributed by atoms with Crippen molar-refractivity contribution in [1.82, 2.24) is 14.7 Å². The third kappa shape index (κ3) is 3.59. The van der Waals surface area contributed by atoms with Crippen LogP contribution in [-0.2, 0) is 7.05 Å². The van der Waals surface area contributed by atoms with Gasteiger partial charge >= 0.3 is 0 Å². The summed E-state index contributed by atoms with van der Waals surface area (Å²) >= 11 is 0. The van der Waals surface area contributed by atoms with E-state index in [0.717, 1.165) is 0 Å². The molecule has 5 heteroatoms. The third-order valence-electron chi connectivity index (χ3n) is 2.41. The van der Waals surface area contributed by atoms with E-state index in [1.807, 2.05) is 0 Å². The zero-order chi connectivity index (χ0) is 12.8. The Morgan fingerprint density at radius 2 is 2.35 bits per heavy atom. The number of amides is 1. The van der Waals surface area contributed by atoms with Crippen molar-refractivity contribution >= 4 is 5.91 Å². The summed E-state index contributed by atoms with van der Waals surface area (Å²) in [7, 11) is 1.74. The topological polar surface area (TPSA) is 61.9 Å². The molecule has 0 aliphatic carbocycles. The molecule has 0 atom stereocenters.